The van der Waals surface area contributed by atoms with E-state index in [4.69, 9.17) is 12.2 Å². The highest BCUT2D eigenvalue weighted by atomic mass is 32.1. The molecule has 0 fully saturated rings. The first kappa shape index (κ1) is 19.6. The van der Waals surface area contributed by atoms with Crippen molar-refractivity contribution in [2.75, 3.05) is 5.32 Å². The van der Waals surface area contributed by atoms with Crippen LogP contribution in [0.4, 0.5) is 5.69 Å². The smallest absolute Gasteiger partial charge is 0.257 e. The van der Waals surface area contributed by atoms with Crippen LogP contribution in [-0.2, 0) is 0 Å². The van der Waals surface area contributed by atoms with Crippen LogP contribution < -0.4 is 16.0 Å². The molecular formula is C20H23N3O2S. The Balaban J connectivity index is 1.98. The Bertz CT molecular complexity index is 803. The minimum Gasteiger partial charge on any atom is -0.350 e. The van der Waals surface area contributed by atoms with E-state index >= 15 is 0 Å². The Morgan fingerprint density at radius 2 is 1.73 bits per heavy atom. The number of rotatable bonds is 5. The Morgan fingerprint density at radius 3 is 2.38 bits per heavy atom. The van der Waals surface area contributed by atoms with E-state index in [0.717, 1.165) is 12.0 Å². The van der Waals surface area contributed by atoms with Crippen LogP contribution in [0.1, 0.15) is 46.5 Å². The van der Waals surface area contributed by atoms with E-state index in [1.54, 1.807) is 36.4 Å². The van der Waals surface area contributed by atoms with Crippen molar-refractivity contribution in [2.45, 2.75) is 33.2 Å². The summed E-state index contributed by atoms with van der Waals surface area (Å²) in [6.45, 7) is 5.92. The van der Waals surface area contributed by atoms with Gasteiger partial charge in [-0.15, -0.1) is 0 Å². The molecule has 2 rings (SSSR count). The minimum absolute atomic E-state index is 0.106. The van der Waals surface area contributed by atoms with Gasteiger partial charge in [0, 0.05) is 22.9 Å². The van der Waals surface area contributed by atoms with Gasteiger partial charge in [-0.05, 0) is 62.8 Å². The van der Waals surface area contributed by atoms with Gasteiger partial charge in [-0.25, -0.2) is 0 Å². The Labute approximate surface area is 159 Å². The fourth-order valence-electron chi connectivity index (χ4n) is 2.19. The highest BCUT2D eigenvalue weighted by Gasteiger charge is 2.11. The van der Waals surface area contributed by atoms with Gasteiger partial charge in [-0.3, -0.25) is 14.9 Å². The molecule has 0 aromatic heterocycles. The number of carbonyl (C=O) groups excluding carboxylic acids is 2. The van der Waals surface area contributed by atoms with Crippen molar-refractivity contribution in [3.63, 3.8) is 0 Å². The zero-order valence-electron chi connectivity index (χ0n) is 15.1. The van der Waals surface area contributed by atoms with Crippen LogP contribution in [0.3, 0.4) is 0 Å². The Morgan fingerprint density at radius 1 is 1.04 bits per heavy atom. The first-order valence-corrected chi connectivity index (χ1v) is 8.89. The maximum atomic E-state index is 12.2. The van der Waals surface area contributed by atoms with Crippen molar-refractivity contribution in [1.29, 1.82) is 0 Å². The molecule has 0 radical (unpaired) electrons. The number of amides is 2. The van der Waals surface area contributed by atoms with Crippen LogP contribution in [0.25, 0.3) is 0 Å². The van der Waals surface area contributed by atoms with E-state index in [9.17, 15) is 9.59 Å². The van der Waals surface area contributed by atoms with Crippen molar-refractivity contribution in [3.05, 3.63) is 65.2 Å². The van der Waals surface area contributed by atoms with Gasteiger partial charge in [0.2, 0.25) is 0 Å². The maximum Gasteiger partial charge on any atom is 0.257 e. The lowest BCUT2D eigenvalue weighted by Crippen LogP contribution is -2.34. The predicted molar refractivity (Wildman–Crippen MR) is 109 cm³/mol. The normalized spacial score (nSPS) is 11.3. The second-order valence-electron chi connectivity index (χ2n) is 6.14. The predicted octanol–water partition coefficient (Wildman–Crippen LogP) is 3.65. The average molecular weight is 369 g/mol. The number of anilines is 1. The third-order valence-electron chi connectivity index (χ3n) is 3.91. The van der Waals surface area contributed by atoms with E-state index in [2.05, 4.69) is 16.0 Å². The highest BCUT2D eigenvalue weighted by molar-refractivity contribution is 7.80. The van der Waals surface area contributed by atoms with Crippen LogP contribution in [0.5, 0.6) is 0 Å². The summed E-state index contributed by atoms with van der Waals surface area (Å²) in [5, 5.41) is 8.66. The molecule has 1 unspecified atom stereocenters. The monoisotopic (exact) mass is 369 g/mol. The van der Waals surface area contributed by atoms with Gasteiger partial charge >= 0.3 is 0 Å². The Hall–Kier alpha value is -2.73. The van der Waals surface area contributed by atoms with Gasteiger partial charge in [0.15, 0.2) is 5.11 Å². The third kappa shape index (κ3) is 5.67. The summed E-state index contributed by atoms with van der Waals surface area (Å²) in [6, 6.07) is 14.3. The molecule has 136 valence electrons. The molecule has 0 aliphatic heterocycles. The van der Waals surface area contributed by atoms with Crippen molar-refractivity contribution in [3.8, 4) is 0 Å². The van der Waals surface area contributed by atoms with E-state index in [0.29, 0.717) is 16.8 Å². The number of thiocarbonyl (C=S) groups is 1. The molecule has 2 amide bonds. The van der Waals surface area contributed by atoms with Gasteiger partial charge in [0.25, 0.3) is 11.8 Å². The molecule has 1 atom stereocenters. The number of benzene rings is 2. The largest absolute Gasteiger partial charge is 0.350 e. The fraction of sp³-hybridized carbons (Fsp3) is 0.250. The van der Waals surface area contributed by atoms with E-state index in [1.807, 2.05) is 32.9 Å². The topological polar surface area (TPSA) is 70.2 Å². The fourth-order valence-corrected chi connectivity index (χ4v) is 2.40. The van der Waals surface area contributed by atoms with Crippen molar-refractivity contribution in [1.82, 2.24) is 10.6 Å². The van der Waals surface area contributed by atoms with Gasteiger partial charge < -0.3 is 10.6 Å². The molecule has 0 saturated heterocycles. The lowest BCUT2D eigenvalue weighted by atomic mass is 10.1. The summed E-state index contributed by atoms with van der Waals surface area (Å²) in [7, 11) is 0. The van der Waals surface area contributed by atoms with Crippen LogP contribution in [0.15, 0.2) is 48.5 Å². The van der Waals surface area contributed by atoms with Crippen molar-refractivity contribution in [2.24, 2.45) is 0 Å². The maximum absolute atomic E-state index is 12.2. The van der Waals surface area contributed by atoms with Crippen LogP contribution in [-0.4, -0.2) is 23.0 Å². The molecule has 2 aromatic carbocycles. The minimum atomic E-state index is -0.284. The average Bonchev–Trinajstić information content (AvgIpc) is 2.62. The van der Waals surface area contributed by atoms with E-state index < -0.39 is 0 Å². The molecule has 0 bridgehead atoms. The summed E-state index contributed by atoms with van der Waals surface area (Å²) < 4.78 is 0. The van der Waals surface area contributed by atoms with Crippen molar-refractivity contribution < 1.29 is 9.59 Å². The molecule has 5 nitrogen and oxygen atoms in total. The molecule has 6 heteroatoms. The van der Waals surface area contributed by atoms with Gasteiger partial charge in [0.05, 0.1) is 0 Å². The van der Waals surface area contributed by atoms with E-state index in [-0.39, 0.29) is 23.0 Å². The van der Waals surface area contributed by atoms with Gasteiger partial charge in [-0.1, -0.05) is 30.7 Å². The first-order valence-electron chi connectivity index (χ1n) is 8.49. The van der Waals surface area contributed by atoms with Gasteiger partial charge in [0.1, 0.15) is 0 Å². The summed E-state index contributed by atoms with van der Waals surface area (Å²) in [5.74, 6) is -0.425. The standard InChI is InChI=1S/C20H23N3O2S/c1-4-14(3)21-19(25)16-6-5-7-17(12-16)22-20(26)23-18(24)15-10-8-13(2)9-11-15/h5-12,14H,4H2,1-3H3,(H,21,25)(H2,22,23,24,26). The summed E-state index contributed by atoms with van der Waals surface area (Å²) in [6.07, 6.45) is 0.860. The zero-order valence-corrected chi connectivity index (χ0v) is 15.9. The number of hydrogen-bond donors (Lipinski definition) is 3. The number of nitrogens with one attached hydrogen (secondary N) is 3. The molecule has 2 aromatic rings. The lowest BCUT2D eigenvalue weighted by molar-refractivity contribution is 0.0937. The highest BCUT2D eigenvalue weighted by Crippen LogP contribution is 2.11. The summed E-state index contributed by atoms with van der Waals surface area (Å²) >= 11 is 5.19. The molecule has 3 N–H and O–H groups in total. The number of hydrogen-bond acceptors (Lipinski definition) is 3. The molecule has 0 spiro atoms. The summed E-state index contributed by atoms with van der Waals surface area (Å²) in [4.78, 5) is 24.4. The zero-order chi connectivity index (χ0) is 19.1. The van der Waals surface area contributed by atoms with Crippen LogP contribution in [0.2, 0.25) is 0 Å². The molecule has 26 heavy (non-hydrogen) atoms. The molecule has 0 aliphatic carbocycles. The van der Waals surface area contributed by atoms with Crippen molar-refractivity contribution >= 4 is 34.8 Å². The molecular weight excluding hydrogens is 346 g/mol. The first-order chi connectivity index (χ1) is 12.4. The quantitative estimate of drug-likeness (QED) is 0.704. The van der Waals surface area contributed by atoms with Crippen LogP contribution >= 0.6 is 12.2 Å². The van der Waals surface area contributed by atoms with Crippen LogP contribution in [0, 0.1) is 6.92 Å². The second kappa shape index (κ2) is 9.10. The van der Waals surface area contributed by atoms with E-state index in [1.165, 1.54) is 0 Å². The lowest BCUT2D eigenvalue weighted by Gasteiger charge is -2.13. The molecule has 0 saturated carbocycles. The molecule has 0 aliphatic rings. The summed E-state index contributed by atoms with van der Waals surface area (Å²) in [5.41, 5.74) is 2.77. The Kier molecular flexibility index (Phi) is 6.86. The number of aryl methyl sites for hydroxylation is 1. The SMILES string of the molecule is CCC(C)NC(=O)c1cccc(NC(=S)NC(=O)c2ccc(C)cc2)c1. The second-order valence-corrected chi connectivity index (χ2v) is 6.55. The third-order valence-corrected chi connectivity index (χ3v) is 4.12. The molecule has 0 heterocycles. The number of carbonyl (C=O) groups is 2. The van der Waals surface area contributed by atoms with Gasteiger partial charge in [-0.2, -0.15) is 0 Å².